The number of piperidine rings is 1. The molecule has 0 aromatic carbocycles. The third-order valence-electron chi connectivity index (χ3n) is 6.89. The predicted molar refractivity (Wildman–Crippen MR) is 114 cm³/mol. The van der Waals surface area contributed by atoms with E-state index in [0.29, 0.717) is 12.5 Å². The third-order valence-corrected chi connectivity index (χ3v) is 6.89. The first-order chi connectivity index (χ1) is 14.1. The van der Waals surface area contributed by atoms with Gasteiger partial charge in [-0.25, -0.2) is 0 Å². The maximum absolute atomic E-state index is 12.6. The monoisotopic (exact) mass is 395 g/mol. The van der Waals surface area contributed by atoms with E-state index < -0.39 is 0 Å². The Kier molecular flexibility index (Phi) is 6.04. The number of aromatic nitrogens is 1. The average Bonchev–Trinajstić information content (AvgIpc) is 3.26. The van der Waals surface area contributed by atoms with Gasteiger partial charge in [0.05, 0.1) is 0 Å². The molecule has 1 aliphatic heterocycles. The summed E-state index contributed by atoms with van der Waals surface area (Å²) >= 11 is 0. The van der Waals surface area contributed by atoms with Gasteiger partial charge in [0, 0.05) is 36.7 Å². The van der Waals surface area contributed by atoms with Crippen LogP contribution < -0.4 is 5.32 Å². The number of nitrogens with zero attached hydrogens (tertiary/aromatic N) is 2. The Labute approximate surface area is 173 Å². The van der Waals surface area contributed by atoms with Crippen molar-refractivity contribution in [2.75, 3.05) is 26.2 Å². The number of hydrogen-bond donors (Lipinski definition) is 1. The van der Waals surface area contributed by atoms with Crippen molar-refractivity contribution in [3.8, 4) is 0 Å². The van der Waals surface area contributed by atoms with Crippen LogP contribution in [0.5, 0.6) is 0 Å². The van der Waals surface area contributed by atoms with E-state index in [1.807, 2.05) is 31.2 Å². The number of furan rings is 1. The zero-order chi connectivity index (χ0) is 20.3. The molecule has 2 aromatic rings. The van der Waals surface area contributed by atoms with Crippen molar-refractivity contribution in [3.05, 3.63) is 53.7 Å². The van der Waals surface area contributed by atoms with Crippen LogP contribution in [0.3, 0.4) is 0 Å². The number of likely N-dealkylation sites (tertiary alicyclic amines) is 1. The van der Waals surface area contributed by atoms with Crippen molar-refractivity contribution in [2.24, 2.45) is 11.3 Å². The fourth-order valence-electron chi connectivity index (χ4n) is 4.71. The van der Waals surface area contributed by atoms with Crippen LogP contribution in [-0.4, -0.2) is 42.0 Å². The quantitative estimate of drug-likeness (QED) is 0.736. The van der Waals surface area contributed by atoms with Crippen molar-refractivity contribution in [1.29, 1.82) is 0 Å². The van der Waals surface area contributed by atoms with E-state index in [4.69, 9.17) is 4.42 Å². The molecule has 1 spiro atoms. The van der Waals surface area contributed by atoms with E-state index in [0.717, 1.165) is 69.0 Å². The van der Waals surface area contributed by atoms with Gasteiger partial charge in [0.25, 0.3) is 0 Å². The molecule has 4 rings (SSSR count). The first kappa shape index (κ1) is 20.1. The maximum atomic E-state index is 12.6. The van der Waals surface area contributed by atoms with Crippen LogP contribution in [-0.2, 0) is 11.2 Å². The Morgan fingerprint density at radius 1 is 1.31 bits per heavy atom. The number of amides is 1. The highest BCUT2D eigenvalue weighted by atomic mass is 16.3. The van der Waals surface area contributed by atoms with E-state index in [-0.39, 0.29) is 17.2 Å². The van der Waals surface area contributed by atoms with Crippen LogP contribution in [0.4, 0.5) is 0 Å². The molecule has 1 aliphatic carbocycles. The van der Waals surface area contributed by atoms with Crippen molar-refractivity contribution >= 4 is 5.91 Å². The Morgan fingerprint density at radius 2 is 2.14 bits per heavy atom. The minimum absolute atomic E-state index is 0.221. The lowest BCUT2D eigenvalue weighted by Gasteiger charge is -2.33. The summed E-state index contributed by atoms with van der Waals surface area (Å²) in [5.74, 6) is 3.01. The van der Waals surface area contributed by atoms with Crippen LogP contribution in [0.2, 0.25) is 0 Å². The molecule has 2 aliphatic rings. The van der Waals surface area contributed by atoms with Crippen LogP contribution in [0.15, 0.2) is 40.9 Å². The SMILES string of the molecule is Cc1ccc(C(C)CCN2CCC3(CC2)CC3C(=O)NCCc2ccccn2)o1. The number of carbonyl (C=O) groups excluding carboxylic acids is 1. The largest absolute Gasteiger partial charge is 0.466 e. The van der Waals surface area contributed by atoms with Gasteiger partial charge in [-0.1, -0.05) is 13.0 Å². The molecule has 2 atom stereocenters. The van der Waals surface area contributed by atoms with Gasteiger partial charge in [-0.05, 0) is 81.9 Å². The second-order valence-electron chi connectivity index (χ2n) is 8.96. The lowest BCUT2D eigenvalue weighted by molar-refractivity contribution is -0.123. The molecular formula is C24H33N3O2. The van der Waals surface area contributed by atoms with Gasteiger partial charge in [0.15, 0.2) is 0 Å². The molecule has 3 heterocycles. The number of aryl methyl sites for hydroxylation is 1. The van der Waals surface area contributed by atoms with Gasteiger partial charge in [-0.3, -0.25) is 9.78 Å². The van der Waals surface area contributed by atoms with Crippen LogP contribution in [0.25, 0.3) is 0 Å². The minimum Gasteiger partial charge on any atom is -0.466 e. The molecule has 5 heteroatoms. The molecule has 156 valence electrons. The molecule has 1 N–H and O–H groups in total. The zero-order valence-corrected chi connectivity index (χ0v) is 17.7. The van der Waals surface area contributed by atoms with Crippen LogP contribution >= 0.6 is 0 Å². The fraction of sp³-hybridized carbons (Fsp3) is 0.583. The van der Waals surface area contributed by atoms with Gasteiger partial charge in [0.2, 0.25) is 5.91 Å². The smallest absolute Gasteiger partial charge is 0.223 e. The Bertz CT molecular complexity index is 809. The van der Waals surface area contributed by atoms with Crippen molar-refractivity contribution in [1.82, 2.24) is 15.2 Å². The van der Waals surface area contributed by atoms with Gasteiger partial charge in [0.1, 0.15) is 11.5 Å². The number of nitrogens with one attached hydrogen (secondary N) is 1. The molecule has 1 saturated heterocycles. The number of rotatable bonds is 8. The van der Waals surface area contributed by atoms with E-state index in [9.17, 15) is 4.79 Å². The number of pyridine rings is 1. The Hall–Kier alpha value is -2.14. The molecule has 2 aromatic heterocycles. The van der Waals surface area contributed by atoms with Gasteiger partial charge >= 0.3 is 0 Å². The van der Waals surface area contributed by atoms with E-state index >= 15 is 0 Å². The summed E-state index contributed by atoms with van der Waals surface area (Å²) in [5, 5.41) is 3.13. The third kappa shape index (κ3) is 4.89. The van der Waals surface area contributed by atoms with Crippen molar-refractivity contribution < 1.29 is 9.21 Å². The molecular weight excluding hydrogens is 362 g/mol. The van der Waals surface area contributed by atoms with Gasteiger partial charge in [-0.15, -0.1) is 0 Å². The predicted octanol–water partition coefficient (Wildman–Crippen LogP) is 3.94. The summed E-state index contributed by atoms with van der Waals surface area (Å²) in [6.45, 7) is 8.26. The summed E-state index contributed by atoms with van der Waals surface area (Å²) in [6.07, 6.45) is 7.10. The molecule has 29 heavy (non-hydrogen) atoms. The topological polar surface area (TPSA) is 58.4 Å². The van der Waals surface area contributed by atoms with E-state index in [2.05, 4.69) is 28.2 Å². The summed E-state index contributed by atoms with van der Waals surface area (Å²) in [4.78, 5) is 19.4. The normalized spacial score (nSPS) is 21.8. The first-order valence-electron chi connectivity index (χ1n) is 11.0. The zero-order valence-electron chi connectivity index (χ0n) is 17.7. The summed E-state index contributed by atoms with van der Waals surface area (Å²) in [6, 6.07) is 10.1. The number of hydrogen-bond acceptors (Lipinski definition) is 4. The lowest BCUT2D eigenvalue weighted by Crippen LogP contribution is -2.38. The Balaban J connectivity index is 1.15. The van der Waals surface area contributed by atoms with E-state index in [1.165, 1.54) is 0 Å². The minimum atomic E-state index is 0.221. The van der Waals surface area contributed by atoms with Crippen LogP contribution in [0.1, 0.15) is 55.7 Å². The summed E-state index contributed by atoms with van der Waals surface area (Å²) < 4.78 is 5.76. The molecule has 1 amide bonds. The van der Waals surface area contributed by atoms with Crippen LogP contribution in [0, 0.1) is 18.3 Å². The number of carbonyl (C=O) groups is 1. The van der Waals surface area contributed by atoms with Crippen molar-refractivity contribution in [2.45, 2.75) is 51.9 Å². The summed E-state index contributed by atoms with van der Waals surface area (Å²) in [7, 11) is 0. The lowest BCUT2D eigenvalue weighted by atomic mass is 9.90. The maximum Gasteiger partial charge on any atom is 0.223 e. The second kappa shape index (κ2) is 8.70. The van der Waals surface area contributed by atoms with E-state index in [1.54, 1.807) is 6.20 Å². The highest BCUT2D eigenvalue weighted by molar-refractivity contribution is 5.82. The average molecular weight is 396 g/mol. The molecule has 0 radical (unpaired) electrons. The molecule has 0 bridgehead atoms. The molecule has 5 nitrogen and oxygen atoms in total. The molecule has 1 saturated carbocycles. The first-order valence-corrected chi connectivity index (χ1v) is 11.0. The van der Waals surface area contributed by atoms with Crippen molar-refractivity contribution in [3.63, 3.8) is 0 Å². The van der Waals surface area contributed by atoms with Gasteiger partial charge < -0.3 is 14.6 Å². The second-order valence-corrected chi connectivity index (χ2v) is 8.96. The highest BCUT2D eigenvalue weighted by Crippen LogP contribution is 2.59. The fourth-order valence-corrected chi connectivity index (χ4v) is 4.71. The molecule has 2 fully saturated rings. The Morgan fingerprint density at radius 3 is 2.83 bits per heavy atom. The summed E-state index contributed by atoms with van der Waals surface area (Å²) in [5.41, 5.74) is 1.31. The highest BCUT2D eigenvalue weighted by Gasteiger charge is 2.58. The molecule has 2 unspecified atom stereocenters. The standard InChI is InChI=1S/C24H33N3O2/c1-18(22-7-6-19(2)29-22)9-14-27-15-10-24(11-16-27)17-21(24)23(28)26-13-8-20-5-3-4-12-25-20/h3-7,12,18,21H,8-11,13-17H2,1-2H3,(H,26,28). The van der Waals surface area contributed by atoms with Gasteiger partial charge in [-0.2, -0.15) is 0 Å².